The minimum absolute atomic E-state index is 0.597. The molecule has 0 amide bonds. The van der Waals surface area contributed by atoms with E-state index in [2.05, 4.69) is 0 Å². The van der Waals surface area contributed by atoms with Gasteiger partial charge in [-0.05, 0) is 6.07 Å². The lowest BCUT2D eigenvalue weighted by atomic mass is 10.1. The van der Waals surface area contributed by atoms with Gasteiger partial charge in [-0.2, -0.15) is 16.8 Å². The van der Waals surface area contributed by atoms with Crippen LogP contribution in [0.4, 0.5) is 0 Å². The van der Waals surface area contributed by atoms with Gasteiger partial charge < -0.3 is 15.3 Å². The molecule has 0 aromatic heterocycles. The Morgan fingerprint density at radius 1 is 0.762 bits per heavy atom. The van der Waals surface area contributed by atoms with E-state index < -0.39 is 58.0 Å². The highest BCUT2D eigenvalue weighted by Gasteiger charge is 2.34. The zero-order chi connectivity index (χ0) is 16.2. The zero-order valence-corrected chi connectivity index (χ0v) is 11.6. The fourth-order valence-electron chi connectivity index (χ4n) is 1.93. The molecule has 114 valence electrons. The number of benzene rings is 2. The van der Waals surface area contributed by atoms with Crippen molar-refractivity contribution in [2.75, 3.05) is 0 Å². The Labute approximate surface area is 118 Å². The molecule has 0 aliphatic rings. The second-order valence-electron chi connectivity index (χ2n) is 4.01. The molecule has 0 bridgehead atoms. The van der Waals surface area contributed by atoms with Gasteiger partial charge in [0.05, 0.1) is 5.39 Å². The summed E-state index contributed by atoms with van der Waals surface area (Å²) in [6.45, 7) is 0. The number of fused-ring (bicyclic) bond motifs is 1. The summed E-state index contributed by atoms with van der Waals surface area (Å²) in [5, 5.41) is 27.7. The van der Waals surface area contributed by atoms with Crippen molar-refractivity contribution >= 4 is 31.0 Å². The average molecular weight is 336 g/mol. The van der Waals surface area contributed by atoms with Crippen molar-refractivity contribution < 1.29 is 41.3 Å². The van der Waals surface area contributed by atoms with Crippen LogP contribution in [0.1, 0.15) is 0 Å². The highest BCUT2D eigenvalue weighted by Crippen LogP contribution is 2.47. The summed E-state index contributed by atoms with van der Waals surface area (Å²) in [7, 11) is -10.5. The van der Waals surface area contributed by atoms with E-state index in [1.807, 2.05) is 0 Å². The van der Waals surface area contributed by atoms with Crippen molar-refractivity contribution in [1.29, 1.82) is 0 Å². The maximum absolute atomic E-state index is 11.4. The minimum Gasteiger partial charge on any atom is -0.507 e. The standard InChI is InChI=1S/C10H8O9S2/c11-5-3-1-2-4-6(5)7(12)8(13)10(21(17,18)19)9(4)20(14,15)16/h1-3,11-13H,(H,14,15,16)(H,17,18,19). The average Bonchev–Trinajstić information content (AvgIpc) is 2.30. The van der Waals surface area contributed by atoms with E-state index in [0.29, 0.717) is 0 Å². The topological polar surface area (TPSA) is 169 Å². The Balaban J connectivity index is 3.32. The Hall–Kier alpha value is -2.08. The molecule has 0 atom stereocenters. The van der Waals surface area contributed by atoms with Gasteiger partial charge in [0.15, 0.2) is 16.4 Å². The van der Waals surface area contributed by atoms with E-state index in [9.17, 15) is 32.2 Å². The molecule has 5 N–H and O–H groups in total. The Morgan fingerprint density at radius 3 is 1.76 bits per heavy atom. The van der Waals surface area contributed by atoms with E-state index in [1.165, 1.54) is 0 Å². The summed E-state index contributed by atoms with van der Waals surface area (Å²) in [5.41, 5.74) is 0. The second-order valence-corrected chi connectivity index (χ2v) is 6.72. The minimum atomic E-state index is -5.30. The lowest BCUT2D eigenvalue weighted by Gasteiger charge is -2.13. The molecular weight excluding hydrogens is 328 g/mol. The molecule has 21 heavy (non-hydrogen) atoms. The van der Waals surface area contributed by atoms with Gasteiger partial charge in [-0.1, -0.05) is 12.1 Å². The molecule has 9 nitrogen and oxygen atoms in total. The Kier molecular flexibility index (Phi) is 3.25. The van der Waals surface area contributed by atoms with Gasteiger partial charge in [0, 0.05) is 5.39 Å². The van der Waals surface area contributed by atoms with Crippen LogP contribution in [0.3, 0.4) is 0 Å². The van der Waals surface area contributed by atoms with Crippen LogP contribution in [-0.4, -0.2) is 41.3 Å². The molecule has 0 saturated heterocycles. The van der Waals surface area contributed by atoms with Crippen LogP contribution in [-0.2, 0) is 20.2 Å². The number of aromatic hydroxyl groups is 3. The molecule has 2 rings (SSSR count). The number of hydrogen-bond acceptors (Lipinski definition) is 7. The zero-order valence-electron chi connectivity index (χ0n) is 9.92. The number of hydrogen-bond donors (Lipinski definition) is 5. The van der Waals surface area contributed by atoms with Crippen LogP contribution in [0.5, 0.6) is 17.2 Å². The molecule has 0 aliphatic carbocycles. The van der Waals surface area contributed by atoms with Crippen molar-refractivity contribution in [3.63, 3.8) is 0 Å². The molecular formula is C10H8O9S2. The van der Waals surface area contributed by atoms with E-state index in [4.69, 9.17) is 9.11 Å². The van der Waals surface area contributed by atoms with E-state index in [-0.39, 0.29) is 0 Å². The summed E-state index contributed by atoms with van der Waals surface area (Å²) < 4.78 is 63.5. The van der Waals surface area contributed by atoms with Crippen molar-refractivity contribution in [2.24, 2.45) is 0 Å². The van der Waals surface area contributed by atoms with Crippen LogP contribution in [0.15, 0.2) is 28.0 Å². The molecule has 2 aromatic carbocycles. The van der Waals surface area contributed by atoms with Crippen LogP contribution in [0.25, 0.3) is 10.8 Å². The van der Waals surface area contributed by atoms with Crippen molar-refractivity contribution in [3.05, 3.63) is 18.2 Å². The number of phenolic OH excluding ortho intramolecular Hbond substituents is 3. The molecule has 0 fully saturated rings. The van der Waals surface area contributed by atoms with Gasteiger partial charge in [-0.3, -0.25) is 9.11 Å². The molecule has 0 radical (unpaired) electrons. The summed E-state index contributed by atoms with van der Waals surface area (Å²) >= 11 is 0. The summed E-state index contributed by atoms with van der Waals surface area (Å²) in [6, 6.07) is 3.10. The van der Waals surface area contributed by atoms with Crippen LogP contribution in [0.2, 0.25) is 0 Å². The van der Waals surface area contributed by atoms with Gasteiger partial charge in [0.2, 0.25) is 0 Å². The fourth-order valence-corrected chi connectivity index (χ4v) is 4.03. The first-order valence-corrected chi connectivity index (χ1v) is 7.99. The molecule has 0 spiro atoms. The van der Waals surface area contributed by atoms with E-state index >= 15 is 0 Å². The summed E-state index contributed by atoms with van der Waals surface area (Å²) in [4.78, 5) is -2.94. The predicted octanol–water partition coefficient (Wildman–Crippen LogP) is 0.450. The normalized spacial score (nSPS) is 12.7. The van der Waals surface area contributed by atoms with E-state index in [1.54, 1.807) is 0 Å². The lowest BCUT2D eigenvalue weighted by Crippen LogP contribution is -2.10. The van der Waals surface area contributed by atoms with Gasteiger partial charge in [0.1, 0.15) is 10.6 Å². The summed E-state index contributed by atoms with van der Waals surface area (Å²) in [5.74, 6) is -3.35. The predicted molar refractivity (Wildman–Crippen MR) is 68.6 cm³/mol. The van der Waals surface area contributed by atoms with Gasteiger partial charge in [-0.15, -0.1) is 0 Å². The maximum Gasteiger partial charge on any atom is 0.299 e. The largest absolute Gasteiger partial charge is 0.507 e. The maximum atomic E-state index is 11.4. The third-order valence-corrected chi connectivity index (χ3v) is 4.67. The van der Waals surface area contributed by atoms with Crippen molar-refractivity contribution in [1.82, 2.24) is 0 Å². The molecule has 0 aliphatic heterocycles. The SMILES string of the molecule is O=S(=O)(O)c1c(O)c(O)c2c(O)cccc2c1S(=O)(=O)O. The molecule has 0 heterocycles. The van der Waals surface area contributed by atoms with E-state index in [0.717, 1.165) is 18.2 Å². The van der Waals surface area contributed by atoms with Crippen LogP contribution < -0.4 is 0 Å². The number of rotatable bonds is 2. The van der Waals surface area contributed by atoms with Gasteiger partial charge >= 0.3 is 0 Å². The Bertz CT molecular complexity index is 958. The quantitative estimate of drug-likeness (QED) is 0.386. The van der Waals surface area contributed by atoms with Crippen molar-refractivity contribution in [2.45, 2.75) is 9.79 Å². The van der Waals surface area contributed by atoms with Gasteiger partial charge in [-0.25, -0.2) is 0 Å². The molecule has 11 heteroatoms. The highest BCUT2D eigenvalue weighted by molar-refractivity contribution is 7.89. The highest BCUT2D eigenvalue weighted by atomic mass is 32.2. The smallest absolute Gasteiger partial charge is 0.299 e. The monoisotopic (exact) mass is 336 g/mol. The summed E-state index contributed by atoms with van der Waals surface area (Å²) in [6.07, 6.45) is 0. The fraction of sp³-hybridized carbons (Fsp3) is 0. The van der Waals surface area contributed by atoms with Crippen LogP contribution in [0, 0.1) is 0 Å². The molecule has 0 saturated carbocycles. The second kappa shape index (κ2) is 4.46. The first-order chi connectivity index (χ1) is 9.46. The van der Waals surface area contributed by atoms with Crippen LogP contribution >= 0.6 is 0 Å². The van der Waals surface area contributed by atoms with Crippen molar-refractivity contribution in [3.8, 4) is 17.2 Å². The molecule has 2 aromatic rings. The lowest BCUT2D eigenvalue weighted by molar-refractivity contribution is 0.386. The third-order valence-electron chi connectivity index (χ3n) is 2.69. The first-order valence-electron chi connectivity index (χ1n) is 5.10. The Morgan fingerprint density at radius 2 is 1.29 bits per heavy atom. The third kappa shape index (κ3) is 2.35. The molecule has 0 unspecified atom stereocenters. The van der Waals surface area contributed by atoms with Gasteiger partial charge in [0.25, 0.3) is 20.2 Å². The first kappa shape index (κ1) is 15.3. The number of phenols is 3.